The minimum absolute atomic E-state index is 0.0360. The van der Waals surface area contributed by atoms with E-state index in [-0.39, 0.29) is 6.10 Å². The van der Waals surface area contributed by atoms with Gasteiger partial charge in [-0.25, -0.2) is 0 Å². The van der Waals surface area contributed by atoms with E-state index in [0.29, 0.717) is 5.92 Å². The van der Waals surface area contributed by atoms with Crippen LogP contribution in [0.2, 0.25) is 0 Å². The van der Waals surface area contributed by atoms with Crippen LogP contribution >= 0.6 is 0 Å². The number of aliphatic hydroxyl groups is 1. The molecule has 1 aliphatic rings. The largest absolute Gasteiger partial charge is 0.393 e. The van der Waals surface area contributed by atoms with Gasteiger partial charge in [0.25, 0.3) is 0 Å². The fourth-order valence-corrected chi connectivity index (χ4v) is 1.87. The van der Waals surface area contributed by atoms with Gasteiger partial charge < -0.3 is 10.0 Å². The second-order valence-electron chi connectivity index (χ2n) is 3.87. The molecule has 2 atom stereocenters. The summed E-state index contributed by atoms with van der Waals surface area (Å²) in [6, 6.07) is 0. The summed E-state index contributed by atoms with van der Waals surface area (Å²) in [6.07, 6.45) is 4.70. The predicted molar refractivity (Wildman–Crippen MR) is 46.5 cm³/mol. The quantitative estimate of drug-likeness (QED) is 0.649. The summed E-state index contributed by atoms with van der Waals surface area (Å²) < 4.78 is 0. The summed E-state index contributed by atoms with van der Waals surface area (Å²) in [7, 11) is 4.14. The van der Waals surface area contributed by atoms with Gasteiger partial charge in [-0.05, 0) is 32.9 Å². The zero-order valence-electron chi connectivity index (χ0n) is 7.58. The van der Waals surface area contributed by atoms with Crippen LogP contribution in [-0.4, -0.2) is 36.8 Å². The SMILES string of the molecule is CN(C)C[C@@H]1CCCC[C@@H]1O. The van der Waals surface area contributed by atoms with Crippen LogP contribution in [0.4, 0.5) is 0 Å². The monoisotopic (exact) mass is 157 g/mol. The van der Waals surface area contributed by atoms with Gasteiger partial charge >= 0.3 is 0 Å². The van der Waals surface area contributed by atoms with Gasteiger partial charge in [0, 0.05) is 6.54 Å². The lowest BCUT2D eigenvalue weighted by Crippen LogP contribution is -2.33. The second-order valence-corrected chi connectivity index (χ2v) is 3.87. The standard InChI is InChI=1S/C9H19NO/c1-10(2)7-8-5-3-4-6-9(8)11/h8-9,11H,3-7H2,1-2H3/t8-,9-/m0/s1. The minimum Gasteiger partial charge on any atom is -0.393 e. The van der Waals surface area contributed by atoms with Crippen molar-refractivity contribution in [3.05, 3.63) is 0 Å². The molecule has 0 radical (unpaired) electrons. The molecule has 2 heteroatoms. The first-order valence-electron chi connectivity index (χ1n) is 4.53. The van der Waals surface area contributed by atoms with Gasteiger partial charge in [-0.15, -0.1) is 0 Å². The third-order valence-corrected chi connectivity index (χ3v) is 2.47. The third-order valence-electron chi connectivity index (χ3n) is 2.47. The van der Waals surface area contributed by atoms with Crippen molar-refractivity contribution >= 4 is 0 Å². The highest BCUT2D eigenvalue weighted by Gasteiger charge is 2.22. The molecule has 0 spiro atoms. The molecule has 0 aliphatic heterocycles. The first-order valence-corrected chi connectivity index (χ1v) is 4.53. The molecule has 0 heterocycles. The van der Waals surface area contributed by atoms with Crippen molar-refractivity contribution in [2.75, 3.05) is 20.6 Å². The normalized spacial score (nSPS) is 32.7. The van der Waals surface area contributed by atoms with E-state index in [9.17, 15) is 5.11 Å². The van der Waals surface area contributed by atoms with Crippen molar-refractivity contribution in [2.24, 2.45) is 5.92 Å². The van der Waals surface area contributed by atoms with Crippen LogP contribution in [0.15, 0.2) is 0 Å². The lowest BCUT2D eigenvalue weighted by molar-refractivity contribution is 0.0555. The van der Waals surface area contributed by atoms with Crippen LogP contribution in [0.5, 0.6) is 0 Å². The van der Waals surface area contributed by atoms with Gasteiger partial charge in [0.15, 0.2) is 0 Å². The second kappa shape index (κ2) is 4.07. The smallest absolute Gasteiger partial charge is 0.0580 e. The maximum absolute atomic E-state index is 9.59. The molecule has 0 bridgehead atoms. The van der Waals surface area contributed by atoms with Gasteiger partial charge in [-0.1, -0.05) is 12.8 Å². The highest BCUT2D eigenvalue weighted by atomic mass is 16.3. The number of aliphatic hydroxyl groups excluding tert-OH is 1. The van der Waals surface area contributed by atoms with Gasteiger partial charge in [0.05, 0.1) is 6.10 Å². The maximum Gasteiger partial charge on any atom is 0.0580 e. The number of hydrogen-bond donors (Lipinski definition) is 1. The molecule has 0 aromatic rings. The van der Waals surface area contributed by atoms with E-state index in [0.717, 1.165) is 13.0 Å². The zero-order chi connectivity index (χ0) is 8.27. The average molecular weight is 157 g/mol. The molecule has 0 aromatic carbocycles. The number of hydrogen-bond acceptors (Lipinski definition) is 2. The topological polar surface area (TPSA) is 23.5 Å². The van der Waals surface area contributed by atoms with E-state index in [2.05, 4.69) is 19.0 Å². The highest BCUT2D eigenvalue weighted by molar-refractivity contribution is 4.75. The fourth-order valence-electron chi connectivity index (χ4n) is 1.87. The highest BCUT2D eigenvalue weighted by Crippen LogP contribution is 2.24. The Kier molecular flexibility index (Phi) is 3.34. The Hall–Kier alpha value is -0.0800. The summed E-state index contributed by atoms with van der Waals surface area (Å²) in [6.45, 7) is 1.04. The Labute approximate surface area is 69.2 Å². The first kappa shape index (κ1) is 9.01. The molecule has 0 saturated heterocycles. The van der Waals surface area contributed by atoms with Crippen molar-refractivity contribution in [1.29, 1.82) is 0 Å². The Balaban J connectivity index is 2.29. The molecule has 2 nitrogen and oxygen atoms in total. The Morgan fingerprint density at radius 2 is 1.91 bits per heavy atom. The summed E-state index contributed by atoms with van der Waals surface area (Å²) in [5.74, 6) is 0.527. The van der Waals surface area contributed by atoms with Crippen LogP contribution in [0, 0.1) is 5.92 Å². The molecular formula is C9H19NO. The van der Waals surface area contributed by atoms with Crippen molar-refractivity contribution in [2.45, 2.75) is 31.8 Å². The van der Waals surface area contributed by atoms with Gasteiger partial charge in [-0.3, -0.25) is 0 Å². The molecule has 0 unspecified atom stereocenters. The zero-order valence-corrected chi connectivity index (χ0v) is 7.58. The maximum atomic E-state index is 9.59. The molecule has 11 heavy (non-hydrogen) atoms. The van der Waals surface area contributed by atoms with E-state index >= 15 is 0 Å². The van der Waals surface area contributed by atoms with E-state index in [1.165, 1.54) is 19.3 Å². The molecular weight excluding hydrogens is 138 g/mol. The van der Waals surface area contributed by atoms with Crippen molar-refractivity contribution in [3.8, 4) is 0 Å². The van der Waals surface area contributed by atoms with E-state index in [1.807, 2.05) is 0 Å². The predicted octanol–water partition coefficient (Wildman–Crippen LogP) is 1.10. The van der Waals surface area contributed by atoms with E-state index in [4.69, 9.17) is 0 Å². The Bertz CT molecular complexity index is 114. The molecule has 1 fully saturated rings. The number of nitrogens with zero attached hydrogens (tertiary/aromatic N) is 1. The van der Waals surface area contributed by atoms with Crippen LogP contribution in [0.3, 0.4) is 0 Å². The van der Waals surface area contributed by atoms with Crippen LogP contribution in [-0.2, 0) is 0 Å². The Morgan fingerprint density at radius 1 is 1.27 bits per heavy atom. The molecule has 1 N–H and O–H groups in total. The first-order chi connectivity index (χ1) is 5.20. The fraction of sp³-hybridized carbons (Fsp3) is 1.00. The van der Waals surface area contributed by atoms with Crippen LogP contribution in [0.25, 0.3) is 0 Å². The van der Waals surface area contributed by atoms with E-state index in [1.54, 1.807) is 0 Å². The molecule has 66 valence electrons. The molecule has 1 rings (SSSR count). The summed E-state index contributed by atoms with van der Waals surface area (Å²) in [4.78, 5) is 2.17. The summed E-state index contributed by atoms with van der Waals surface area (Å²) >= 11 is 0. The third kappa shape index (κ3) is 2.80. The lowest BCUT2D eigenvalue weighted by atomic mass is 9.86. The molecule has 1 saturated carbocycles. The lowest BCUT2D eigenvalue weighted by Gasteiger charge is -2.29. The van der Waals surface area contributed by atoms with E-state index < -0.39 is 0 Å². The number of rotatable bonds is 2. The Morgan fingerprint density at radius 3 is 2.45 bits per heavy atom. The summed E-state index contributed by atoms with van der Waals surface area (Å²) in [5, 5.41) is 9.59. The van der Waals surface area contributed by atoms with Crippen molar-refractivity contribution in [3.63, 3.8) is 0 Å². The van der Waals surface area contributed by atoms with Gasteiger partial charge in [-0.2, -0.15) is 0 Å². The minimum atomic E-state index is -0.0360. The van der Waals surface area contributed by atoms with Crippen LogP contribution < -0.4 is 0 Å². The van der Waals surface area contributed by atoms with Crippen molar-refractivity contribution in [1.82, 2.24) is 4.90 Å². The van der Waals surface area contributed by atoms with Crippen LogP contribution in [0.1, 0.15) is 25.7 Å². The van der Waals surface area contributed by atoms with Gasteiger partial charge in [0.2, 0.25) is 0 Å². The average Bonchev–Trinajstić information content (AvgIpc) is 1.93. The van der Waals surface area contributed by atoms with Gasteiger partial charge in [0.1, 0.15) is 0 Å². The molecule has 0 aromatic heterocycles. The van der Waals surface area contributed by atoms with Crippen molar-refractivity contribution < 1.29 is 5.11 Å². The molecule has 1 aliphatic carbocycles. The molecule has 0 amide bonds. The summed E-state index contributed by atoms with van der Waals surface area (Å²) in [5.41, 5.74) is 0.